The van der Waals surface area contributed by atoms with Crippen LogP contribution in [0, 0.1) is 0 Å². The predicted molar refractivity (Wildman–Crippen MR) is 163 cm³/mol. The maximum Gasteiger partial charge on any atom is 0.437 e. The van der Waals surface area contributed by atoms with Gasteiger partial charge in [-0.05, 0) is 43.7 Å². The molecule has 0 saturated carbocycles. The van der Waals surface area contributed by atoms with Crippen LogP contribution in [0.5, 0.6) is 0 Å². The van der Waals surface area contributed by atoms with Gasteiger partial charge in [-0.3, -0.25) is 10.1 Å². The lowest BCUT2D eigenvalue weighted by atomic mass is 10.0. The molecule has 0 aromatic heterocycles. The van der Waals surface area contributed by atoms with Gasteiger partial charge in [0.1, 0.15) is 19.3 Å². The third-order valence-electron chi connectivity index (χ3n) is 7.35. The van der Waals surface area contributed by atoms with E-state index in [0.717, 1.165) is 30.4 Å². The number of carbonyl (C=O) groups excluding carboxylic acids is 3. The molecular formula is C33H45N3O7. The monoisotopic (exact) mass is 595 g/mol. The number of aliphatic imine (C=N–C) groups is 1. The maximum absolute atomic E-state index is 13.0. The molecule has 0 bridgehead atoms. The van der Waals surface area contributed by atoms with Gasteiger partial charge in [-0.25, -0.2) is 9.59 Å². The van der Waals surface area contributed by atoms with Gasteiger partial charge < -0.3 is 24.2 Å². The zero-order chi connectivity index (χ0) is 31.0. The summed E-state index contributed by atoms with van der Waals surface area (Å²) in [6.45, 7) is 5.33. The topological polar surface area (TPSA) is 127 Å². The lowest BCUT2D eigenvalue weighted by Crippen LogP contribution is -2.51. The van der Waals surface area contributed by atoms with Crippen molar-refractivity contribution in [1.29, 1.82) is 0 Å². The number of amides is 2. The van der Waals surface area contributed by atoms with Gasteiger partial charge in [-0.15, -0.1) is 4.99 Å². The maximum atomic E-state index is 13.0. The van der Waals surface area contributed by atoms with Gasteiger partial charge in [0.05, 0.1) is 6.10 Å². The van der Waals surface area contributed by atoms with E-state index < -0.39 is 24.4 Å². The molecule has 10 nitrogen and oxygen atoms in total. The number of aliphatic hydroxyl groups excluding tert-OH is 1. The highest BCUT2D eigenvalue weighted by atomic mass is 16.6. The van der Waals surface area contributed by atoms with Crippen LogP contribution >= 0.6 is 0 Å². The van der Waals surface area contributed by atoms with Gasteiger partial charge in [0.15, 0.2) is 0 Å². The molecule has 1 saturated heterocycles. The number of benzene rings is 2. The first-order chi connectivity index (χ1) is 20.7. The number of aliphatic hydroxyl groups is 1. The summed E-state index contributed by atoms with van der Waals surface area (Å²) in [5.74, 6) is -0.402. The largest absolute Gasteiger partial charge is 0.463 e. The molecule has 0 aliphatic carbocycles. The molecule has 1 aliphatic rings. The Morgan fingerprint density at radius 1 is 0.930 bits per heavy atom. The number of hydrogen-bond donors (Lipinski definition) is 2. The first-order valence-corrected chi connectivity index (χ1v) is 15.2. The number of nitrogens with one attached hydrogen (secondary N) is 1. The van der Waals surface area contributed by atoms with E-state index >= 15 is 0 Å². The van der Waals surface area contributed by atoms with Gasteiger partial charge in [0.25, 0.3) is 0 Å². The van der Waals surface area contributed by atoms with Crippen LogP contribution < -0.4 is 5.32 Å². The van der Waals surface area contributed by atoms with E-state index in [-0.39, 0.29) is 37.2 Å². The Labute approximate surface area is 254 Å². The Morgan fingerprint density at radius 3 is 2.09 bits per heavy atom. The number of unbranched alkanes of at least 4 members (excludes halogenated alkanes) is 2. The molecule has 2 aromatic rings. The molecule has 3 rings (SSSR count). The third-order valence-corrected chi connectivity index (χ3v) is 7.35. The van der Waals surface area contributed by atoms with Crippen LogP contribution in [0.2, 0.25) is 0 Å². The lowest BCUT2D eigenvalue weighted by molar-refractivity contribution is -0.146. The Morgan fingerprint density at radius 2 is 1.51 bits per heavy atom. The second kappa shape index (κ2) is 17.9. The number of likely N-dealkylation sites (tertiary alicyclic amines) is 1. The van der Waals surface area contributed by atoms with Gasteiger partial charge in [0.2, 0.25) is 5.96 Å². The standard InChI is InChI=1S/C33H45N3O7/c1-4-5-8-17-30(38)21-29-19-18-28(20-24(2)43-25(3)37)36(29)31(34-32(39)41-22-26-13-9-6-10-14-26)35-33(40)42-23-27-15-11-7-12-16-27/h6-7,9-16,24,28-30,38H,4-5,8,17-23H2,1-3H3,(H,34,35,39,40)/t24-,28-,29+,30+/m1/s1. The highest BCUT2D eigenvalue weighted by Gasteiger charge is 2.39. The van der Waals surface area contributed by atoms with Crippen molar-refractivity contribution >= 4 is 24.1 Å². The normalized spacial score (nSPS) is 18.0. The number of guanidine groups is 1. The van der Waals surface area contributed by atoms with Crippen LogP contribution in [-0.4, -0.2) is 58.4 Å². The van der Waals surface area contributed by atoms with Gasteiger partial charge >= 0.3 is 18.2 Å². The van der Waals surface area contributed by atoms with E-state index in [2.05, 4.69) is 17.2 Å². The summed E-state index contributed by atoms with van der Waals surface area (Å²) in [7, 11) is 0. The van der Waals surface area contributed by atoms with Crippen molar-refractivity contribution in [2.75, 3.05) is 0 Å². The Kier molecular flexibility index (Phi) is 14.0. The fourth-order valence-corrected chi connectivity index (χ4v) is 5.39. The number of esters is 1. The van der Waals surface area contributed by atoms with Crippen molar-refractivity contribution in [1.82, 2.24) is 10.2 Å². The van der Waals surface area contributed by atoms with Crippen molar-refractivity contribution < 1.29 is 33.7 Å². The number of nitrogens with zero attached hydrogens (tertiary/aromatic N) is 2. The summed E-state index contributed by atoms with van der Waals surface area (Å²) in [6, 6.07) is 18.0. The molecule has 0 radical (unpaired) electrons. The Hall–Kier alpha value is -3.92. The number of alkyl carbamates (subject to hydrolysis) is 1. The van der Waals surface area contributed by atoms with E-state index in [1.807, 2.05) is 65.6 Å². The minimum absolute atomic E-state index is 0.0144. The molecule has 0 spiro atoms. The minimum Gasteiger partial charge on any atom is -0.463 e. The zero-order valence-electron chi connectivity index (χ0n) is 25.4. The fraction of sp³-hybridized carbons (Fsp3) is 0.515. The Balaban J connectivity index is 1.84. The molecule has 234 valence electrons. The molecule has 2 N–H and O–H groups in total. The average molecular weight is 596 g/mol. The fourth-order valence-electron chi connectivity index (χ4n) is 5.39. The van der Waals surface area contributed by atoms with Crippen LogP contribution in [0.4, 0.5) is 9.59 Å². The van der Waals surface area contributed by atoms with E-state index in [0.29, 0.717) is 32.1 Å². The summed E-state index contributed by atoms with van der Waals surface area (Å²) in [5.41, 5.74) is 1.60. The molecule has 1 fully saturated rings. The van der Waals surface area contributed by atoms with Crippen molar-refractivity contribution in [3.05, 3.63) is 71.8 Å². The molecule has 43 heavy (non-hydrogen) atoms. The number of ether oxygens (including phenoxy) is 3. The number of hydrogen-bond acceptors (Lipinski definition) is 7. The van der Waals surface area contributed by atoms with Crippen LogP contribution in [0.1, 0.15) is 83.3 Å². The second-order valence-electron chi connectivity index (χ2n) is 11.0. The number of rotatable bonds is 13. The van der Waals surface area contributed by atoms with Gasteiger partial charge in [0, 0.05) is 25.4 Å². The van der Waals surface area contributed by atoms with Gasteiger partial charge in [-0.2, -0.15) is 0 Å². The first kappa shape index (κ1) is 33.6. The van der Waals surface area contributed by atoms with Crippen molar-refractivity contribution in [3.63, 3.8) is 0 Å². The first-order valence-electron chi connectivity index (χ1n) is 15.2. The second-order valence-corrected chi connectivity index (χ2v) is 11.0. The minimum atomic E-state index is -0.872. The number of carbonyl (C=O) groups is 3. The van der Waals surface area contributed by atoms with E-state index in [9.17, 15) is 19.5 Å². The molecule has 1 heterocycles. The summed E-state index contributed by atoms with van der Waals surface area (Å²) >= 11 is 0. The summed E-state index contributed by atoms with van der Waals surface area (Å²) in [5, 5.41) is 13.6. The highest BCUT2D eigenvalue weighted by Crippen LogP contribution is 2.31. The average Bonchev–Trinajstić information content (AvgIpc) is 3.36. The van der Waals surface area contributed by atoms with Crippen LogP contribution in [0.15, 0.2) is 65.7 Å². The smallest absolute Gasteiger partial charge is 0.437 e. The zero-order valence-corrected chi connectivity index (χ0v) is 25.4. The SMILES string of the molecule is CCCCC[C@H](O)C[C@@H]1CC[C@H](C[C@@H](C)OC(C)=O)N1/C(=N/C(=O)OCc1ccccc1)NC(=O)OCc1ccccc1. The van der Waals surface area contributed by atoms with Crippen LogP contribution in [0.25, 0.3) is 0 Å². The van der Waals surface area contributed by atoms with Crippen LogP contribution in [0.3, 0.4) is 0 Å². The van der Waals surface area contributed by atoms with E-state index in [4.69, 9.17) is 14.2 Å². The summed E-state index contributed by atoms with van der Waals surface area (Å²) in [6.07, 6.45) is 3.30. The van der Waals surface area contributed by atoms with Crippen LogP contribution in [-0.2, 0) is 32.2 Å². The quantitative estimate of drug-likeness (QED) is 0.0934. The van der Waals surface area contributed by atoms with E-state index in [1.54, 1.807) is 6.92 Å². The molecular weight excluding hydrogens is 550 g/mol. The molecule has 10 heteroatoms. The molecule has 1 aliphatic heterocycles. The molecule has 0 unspecified atom stereocenters. The van der Waals surface area contributed by atoms with Crippen molar-refractivity contribution in [2.45, 2.75) is 110 Å². The van der Waals surface area contributed by atoms with E-state index in [1.165, 1.54) is 6.92 Å². The molecule has 4 atom stereocenters. The van der Waals surface area contributed by atoms with Gasteiger partial charge in [-0.1, -0.05) is 86.8 Å². The van der Waals surface area contributed by atoms with Crippen molar-refractivity contribution in [3.8, 4) is 0 Å². The predicted octanol–water partition coefficient (Wildman–Crippen LogP) is 6.11. The highest BCUT2D eigenvalue weighted by molar-refractivity contribution is 5.99. The Bertz CT molecular complexity index is 1180. The summed E-state index contributed by atoms with van der Waals surface area (Å²) < 4.78 is 16.3. The molecule has 2 aromatic carbocycles. The lowest BCUT2D eigenvalue weighted by Gasteiger charge is -2.34. The third kappa shape index (κ3) is 12.1. The molecule has 2 amide bonds. The summed E-state index contributed by atoms with van der Waals surface area (Å²) in [4.78, 5) is 43.7. The van der Waals surface area contributed by atoms with Crippen molar-refractivity contribution in [2.24, 2.45) is 4.99 Å².